The third-order valence-corrected chi connectivity index (χ3v) is 3.33. The maximum atomic E-state index is 12.1. The van der Waals surface area contributed by atoms with Crippen LogP contribution in [-0.4, -0.2) is 32.6 Å². The molecule has 0 saturated carbocycles. The number of carbonyl (C=O) groups excluding carboxylic acids is 2. The molecule has 0 bridgehead atoms. The summed E-state index contributed by atoms with van der Waals surface area (Å²) in [6.07, 6.45) is -0.816. The SMILES string of the molecule is COc1ccc(OCC(=O)NNC(=O)[C@@H](OC)c2ccccc2)cc1. The fraction of sp³-hybridized carbons (Fsp3) is 0.222. The van der Waals surface area contributed by atoms with E-state index in [-0.39, 0.29) is 6.61 Å². The molecule has 7 nitrogen and oxygen atoms in total. The topological polar surface area (TPSA) is 85.9 Å². The summed E-state index contributed by atoms with van der Waals surface area (Å²) in [7, 11) is 2.99. The van der Waals surface area contributed by atoms with E-state index in [4.69, 9.17) is 14.2 Å². The molecular formula is C18H20N2O5. The van der Waals surface area contributed by atoms with E-state index in [1.807, 2.05) is 6.07 Å². The predicted octanol–water partition coefficient (Wildman–Crippen LogP) is 1.61. The van der Waals surface area contributed by atoms with Gasteiger partial charge < -0.3 is 14.2 Å². The highest BCUT2D eigenvalue weighted by Crippen LogP contribution is 2.17. The summed E-state index contributed by atoms with van der Waals surface area (Å²) in [5, 5.41) is 0. The van der Waals surface area contributed by atoms with Gasteiger partial charge in [0.15, 0.2) is 12.7 Å². The molecule has 0 spiro atoms. The zero-order chi connectivity index (χ0) is 18.1. The Balaban J connectivity index is 1.79. The van der Waals surface area contributed by atoms with Crippen LogP contribution in [0.15, 0.2) is 54.6 Å². The number of hydrazine groups is 1. The molecular weight excluding hydrogens is 324 g/mol. The molecule has 0 aliphatic rings. The van der Waals surface area contributed by atoms with Gasteiger partial charge in [0, 0.05) is 7.11 Å². The van der Waals surface area contributed by atoms with Crippen molar-refractivity contribution >= 4 is 11.8 Å². The Bertz CT molecular complexity index is 688. The van der Waals surface area contributed by atoms with Gasteiger partial charge in [-0.3, -0.25) is 20.4 Å². The first-order chi connectivity index (χ1) is 12.1. The van der Waals surface area contributed by atoms with Crippen LogP contribution in [-0.2, 0) is 14.3 Å². The zero-order valence-electron chi connectivity index (χ0n) is 14.0. The molecule has 0 saturated heterocycles. The molecule has 1 atom stereocenters. The molecule has 2 amide bonds. The van der Waals surface area contributed by atoms with Crippen LogP contribution >= 0.6 is 0 Å². The number of carbonyl (C=O) groups is 2. The second-order valence-corrected chi connectivity index (χ2v) is 5.03. The maximum absolute atomic E-state index is 12.1. The van der Waals surface area contributed by atoms with Crippen molar-refractivity contribution in [3.8, 4) is 11.5 Å². The minimum Gasteiger partial charge on any atom is -0.497 e. The second-order valence-electron chi connectivity index (χ2n) is 5.03. The van der Waals surface area contributed by atoms with Gasteiger partial charge >= 0.3 is 0 Å². The van der Waals surface area contributed by atoms with Gasteiger partial charge in [-0.05, 0) is 29.8 Å². The van der Waals surface area contributed by atoms with Gasteiger partial charge in [-0.25, -0.2) is 0 Å². The van der Waals surface area contributed by atoms with E-state index in [1.165, 1.54) is 7.11 Å². The van der Waals surface area contributed by atoms with Crippen molar-refractivity contribution in [1.82, 2.24) is 10.9 Å². The standard InChI is InChI=1S/C18H20N2O5/c1-23-14-8-10-15(11-9-14)25-12-16(21)19-20-18(22)17(24-2)13-6-4-3-5-7-13/h3-11,17H,12H2,1-2H3,(H,19,21)(H,20,22)/t17-/m0/s1. The van der Waals surface area contributed by atoms with Gasteiger partial charge in [0.05, 0.1) is 7.11 Å². The van der Waals surface area contributed by atoms with Crippen molar-refractivity contribution in [3.63, 3.8) is 0 Å². The quantitative estimate of drug-likeness (QED) is 0.745. The summed E-state index contributed by atoms with van der Waals surface area (Å²) in [6.45, 7) is -0.240. The van der Waals surface area contributed by atoms with Crippen LogP contribution in [0, 0.1) is 0 Å². The molecule has 7 heteroatoms. The molecule has 0 aliphatic carbocycles. The molecule has 2 aromatic carbocycles. The Kier molecular flexibility index (Phi) is 6.79. The molecule has 0 unspecified atom stereocenters. The van der Waals surface area contributed by atoms with E-state index in [1.54, 1.807) is 55.6 Å². The predicted molar refractivity (Wildman–Crippen MR) is 91.0 cm³/mol. The van der Waals surface area contributed by atoms with E-state index in [0.29, 0.717) is 17.1 Å². The van der Waals surface area contributed by atoms with Gasteiger partial charge in [-0.1, -0.05) is 30.3 Å². The lowest BCUT2D eigenvalue weighted by Crippen LogP contribution is -2.46. The molecule has 25 heavy (non-hydrogen) atoms. The smallest absolute Gasteiger partial charge is 0.276 e. The summed E-state index contributed by atoms with van der Waals surface area (Å²) in [4.78, 5) is 23.9. The summed E-state index contributed by atoms with van der Waals surface area (Å²) in [6, 6.07) is 15.8. The Hall–Kier alpha value is -3.06. The fourth-order valence-electron chi connectivity index (χ4n) is 2.08. The van der Waals surface area contributed by atoms with E-state index in [2.05, 4.69) is 10.9 Å². The molecule has 0 aliphatic heterocycles. The van der Waals surface area contributed by atoms with Gasteiger partial charge in [0.1, 0.15) is 11.5 Å². The molecule has 0 fully saturated rings. The van der Waals surface area contributed by atoms with E-state index in [0.717, 1.165) is 0 Å². The van der Waals surface area contributed by atoms with Crippen LogP contribution in [0.3, 0.4) is 0 Å². The van der Waals surface area contributed by atoms with Crippen molar-refractivity contribution < 1.29 is 23.8 Å². The summed E-state index contributed by atoms with van der Waals surface area (Å²) < 4.78 is 15.5. The Morgan fingerprint density at radius 2 is 1.56 bits per heavy atom. The van der Waals surface area contributed by atoms with Crippen molar-refractivity contribution in [3.05, 3.63) is 60.2 Å². The van der Waals surface area contributed by atoms with Gasteiger partial charge in [-0.2, -0.15) is 0 Å². The third kappa shape index (κ3) is 5.50. The monoisotopic (exact) mass is 344 g/mol. The van der Waals surface area contributed by atoms with Gasteiger partial charge in [0.25, 0.3) is 11.8 Å². The molecule has 2 rings (SSSR count). The lowest BCUT2D eigenvalue weighted by molar-refractivity contribution is -0.136. The number of amides is 2. The average molecular weight is 344 g/mol. The van der Waals surface area contributed by atoms with Crippen molar-refractivity contribution in [2.45, 2.75) is 6.10 Å². The lowest BCUT2D eigenvalue weighted by Gasteiger charge is -2.16. The second kappa shape index (κ2) is 9.29. The molecule has 0 heterocycles. The van der Waals surface area contributed by atoms with Gasteiger partial charge in [-0.15, -0.1) is 0 Å². The fourth-order valence-corrected chi connectivity index (χ4v) is 2.08. The van der Waals surface area contributed by atoms with Crippen LogP contribution in [0.2, 0.25) is 0 Å². The van der Waals surface area contributed by atoms with Crippen LogP contribution in [0.1, 0.15) is 11.7 Å². The van der Waals surface area contributed by atoms with Crippen LogP contribution in [0.4, 0.5) is 0 Å². The van der Waals surface area contributed by atoms with Crippen LogP contribution < -0.4 is 20.3 Å². The van der Waals surface area contributed by atoms with Crippen molar-refractivity contribution in [2.24, 2.45) is 0 Å². The molecule has 0 radical (unpaired) electrons. The number of nitrogens with one attached hydrogen (secondary N) is 2. The van der Waals surface area contributed by atoms with E-state index in [9.17, 15) is 9.59 Å². The van der Waals surface area contributed by atoms with Crippen molar-refractivity contribution in [1.29, 1.82) is 0 Å². The molecule has 132 valence electrons. The zero-order valence-corrected chi connectivity index (χ0v) is 14.0. The number of methoxy groups -OCH3 is 2. The lowest BCUT2D eigenvalue weighted by atomic mass is 10.1. The summed E-state index contributed by atoms with van der Waals surface area (Å²) >= 11 is 0. The molecule has 2 aromatic rings. The largest absolute Gasteiger partial charge is 0.497 e. The Morgan fingerprint density at radius 3 is 2.16 bits per heavy atom. The molecule has 0 aromatic heterocycles. The summed E-state index contributed by atoms with van der Waals surface area (Å²) in [5.74, 6) is 0.232. The van der Waals surface area contributed by atoms with Crippen LogP contribution in [0.5, 0.6) is 11.5 Å². The average Bonchev–Trinajstić information content (AvgIpc) is 2.66. The Labute approximate surface area is 145 Å². The highest BCUT2D eigenvalue weighted by molar-refractivity contribution is 5.85. The Morgan fingerprint density at radius 1 is 0.920 bits per heavy atom. The number of hydrogen-bond acceptors (Lipinski definition) is 5. The first-order valence-corrected chi connectivity index (χ1v) is 7.57. The maximum Gasteiger partial charge on any atom is 0.276 e. The minimum absolute atomic E-state index is 0.240. The van der Waals surface area contributed by atoms with E-state index < -0.39 is 17.9 Å². The first kappa shape index (κ1) is 18.3. The highest BCUT2D eigenvalue weighted by atomic mass is 16.5. The van der Waals surface area contributed by atoms with Crippen molar-refractivity contribution in [2.75, 3.05) is 20.8 Å². The highest BCUT2D eigenvalue weighted by Gasteiger charge is 2.20. The van der Waals surface area contributed by atoms with Crippen LogP contribution in [0.25, 0.3) is 0 Å². The summed E-state index contributed by atoms with van der Waals surface area (Å²) in [5.41, 5.74) is 5.30. The number of ether oxygens (including phenoxy) is 3. The third-order valence-electron chi connectivity index (χ3n) is 3.33. The number of rotatable bonds is 7. The normalized spacial score (nSPS) is 11.3. The van der Waals surface area contributed by atoms with Gasteiger partial charge in [0.2, 0.25) is 0 Å². The van der Waals surface area contributed by atoms with E-state index >= 15 is 0 Å². The molecule has 2 N–H and O–H groups in total. The number of benzene rings is 2. The minimum atomic E-state index is -0.816. The number of hydrogen-bond donors (Lipinski definition) is 2. The first-order valence-electron chi connectivity index (χ1n) is 7.57.